The summed E-state index contributed by atoms with van der Waals surface area (Å²) in [6.07, 6.45) is 2.96. The summed E-state index contributed by atoms with van der Waals surface area (Å²) in [5.41, 5.74) is 3.45. The molecule has 0 bridgehead atoms. The van der Waals surface area contributed by atoms with Crippen LogP contribution >= 0.6 is 0 Å². The Balaban J connectivity index is 1.24. The van der Waals surface area contributed by atoms with Crippen LogP contribution in [0.1, 0.15) is 35.4 Å². The second-order valence-corrected chi connectivity index (χ2v) is 9.34. The standard InChI is InChI=1S/C26H26FN5O4/c1-14-8-15(9-18-13-28-31-23(14)18)10-22(25(34)35)30-26(36)32-6-4-16(5-7-32)20-11-17-2-3-19(27)12-21(17)29-24(20)33/h2-3,8-9,11-13,16,22H,4-7,10H2,1H3,(H,28,31)(H,29,33)(H,30,36)(H,34,35). The first kappa shape index (κ1) is 23.5. The molecule has 4 aromatic rings. The number of pyridine rings is 1. The Morgan fingerprint density at radius 2 is 1.97 bits per heavy atom. The summed E-state index contributed by atoms with van der Waals surface area (Å²) in [5, 5.41) is 21.0. The van der Waals surface area contributed by atoms with Crippen LogP contribution in [0.4, 0.5) is 9.18 Å². The second-order valence-electron chi connectivity index (χ2n) is 9.34. The maximum Gasteiger partial charge on any atom is 0.326 e. The Bertz CT molecular complexity index is 1520. The van der Waals surface area contributed by atoms with Crippen molar-refractivity contribution in [1.82, 2.24) is 25.4 Å². The van der Waals surface area contributed by atoms with Crippen LogP contribution in [-0.4, -0.2) is 56.3 Å². The molecule has 2 aromatic heterocycles. The number of fused-ring (bicyclic) bond motifs is 2. The highest BCUT2D eigenvalue weighted by Gasteiger charge is 2.28. The number of carbonyl (C=O) groups excluding carboxylic acids is 1. The first-order chi connectivity index (χ1) is 17.3. The van der Waals surface area contributed by atoms with Gasteiger partial charge in [-0.3, -0.25) is 9.89 Å². The smallest absolute Gasteiger partial charge is 0.326 e. The van der Waals surface area contributed by atoms with E-state index in [0.29, 0.717) is 37.0 Å². The van der Waals surface area contributed by atoms with E-state index in [9.17, 15) is 23.9 Å². The van der Waals surface area contributed by atoms with Crippen LogP contribution in [0.25, 0.3) is 21.8 Å². The minimum absolute atomic E-state index is 0.0489. The molecule has 1 unspecified atom stereocenters. The summed E-state index contributed by atoms with van der Waals surface area (Å²) >= 11 is 0. The van der Waals surface area contributed by atoms with Gasteiger partial charge in [0.15, 0.2) is 0 Å². The largest absolute Gasteiger partial charge is 0.480 e. The first-order valence-electron chi connectivity index (χ1n) is 11.8. The molecule has 9 nitrogen and oxygen atoms in total. The normalized spacial score (nSPS) is 15.3. The van der Waals surface area contributed by atoms with Crippen molar-refractivity contribution in [3.63, 3.8) is 0 Å². The number of likely N-dealkylation sites (tertiary alicyclic amines) is 1. The van der Waals surface area contributed by atoms with E-state index in [2.05, 4.69) is 20.5 Å². The van der Waals surface area contributed by atoms with Gasteiger partial charge in [0, 0.05) is 30.5 Å². The highest BCUT2D eigenvalue weighted by molar-refractivity contribution is 5.84. The van der Waals surface area contributed by atoms with Gasteiger partial charge in [0.1, 0.15) is 11.9 Å². The second kappa shape index (κ2) is 9.44. The summed E-state index contributed by atoms with van der Waals surface area (Å²) < 4.78 is 13.5. The molecule has 4 N–H and O–H groups in total. The van der Waals surface area contributed by atoms with E-state index in [0.717, 1.165) is 27.4 Å². The summed E-state index contributed by atoms with van der Waals surface area (Å²) in [4.78, 5) is 41.7. The molecule has 1 aliphatic rings. The number of nitrogens with one attached hydrogen (secondary N) is 3. The van der Waals surface area contributed by atoms with Crippen LogP contribution in [0, 0.1) is 12.7 Å². The molecule has 0 spiro atoms. The van der Waals surface area contributed by atoms with Crippen molar-refractivity contribution in [3.8, 4) is 0 Å². The predicted molar refractivity (Wildman–Crippen MR) is 133 cm³/mol. The van der Waals surface area contributed by atoms with Crippen molar-refractivity contribution >= 4 is 33.8 Å². The molecule has 10 heteroatoms. The number of amides is 2. The van der Waals surface area contributed by atoms with Crippen LogP contribution in [0.2, 0.25) is 0 Å². The Morgan fingerprint density at radius 3 is 2.72 bits per heavy atom. The fraction of sp³-hybridized carbons (Fsp3) is 0.308. The third kappa shape index (κ3) is 4.66. The maximum atomic E-state index is 13.5. The maximum absolute atomic E-state index is 13.5. The molecule has 0 radical (unpaired) electrons. The number of urea groups is 1. The van der Waals surface area contributed by atoms with Gasteiger partial charge in [-0.2, -0.15) is 5.10 Å². The lowest BCUT2D eigenvalue weighted by atomic mass is 9.89. The van der Waals surface area contributed by atoms with E-state index < -0.39 is 23.9 Å². The van der Waals surface area contributed by atoms with Crippen LogP contribution in [0.3, 0.4) is 0 Å². The average Bonchev–Trinajstić information content (AvgIpc) is 3.32. The average molecular weight is 492 g/mol. The molecule has 2 aromatic carbocycles. The zero-order chi connectivity index (χ0) is 25.4. The number of aliphatic carboxylic acids is 1. The van der Waals surface area contributed by atoms with E-state index in [1.54, 1.807) is 23.2 Å². The molecule has 0 saturated carbocycles. The topological polar surface area (TPSA) is 131 Å². The van der Waals surface area contributed by atoms with Gasteiger partial charge in [-0.05, 0) is 72.5 Å². The highest BCUT2D eigenvalue weighted by Crippen LogP contribution is 2.28. The Kier molecular flexibility index (Phi) is 6.17. The third-order valence-corrected chi connectivity index (χ3v) is 6.90. The lowest BCUT2D eigenvalue weighted by Crippen LogP contribution is -2.50. The van der Waals surface area contributed by atoms with Gasteiger partial charge < -0.3 is 20.3 Å². The quantitative estimate of drug-likeness (QED) is 0.340. The molecule has 1 atom stereocenters. The summed E-state index contributed by atoms with van der Waals surface area (Å²) in [6.45, 7) is 2.70. The zero-order valence-electron chi connectivity index (χ0n) is 19.7. The highest BCUT2D eigenvalue weighted by atomic mass is 19.1. The van der Waals surface area contributed by atoms with Gasteiger partial charge >= 0.3 is 12.0 Å². The van der Waals surface area contributed by atoms with Crippen LogP contribution in [-0.2, 0) is 11.2 Å². The molecule has 1 fully saturated rings. The summed E-state index contributed by atoms with van der Waals surface area (Å²) in [6, 6.07) is 8.30. The van der Waals surface area contributed by atoms with Crippen LogP contribution in [0.5, 0.6) is 0 Å². The van der Waals surface area contributed by atoms with Crippen LogP contribution < -0.4 is 10.9 Å². The number of aryl methyl sites for hydroxylation is 1. The van der Waals surface area contributed by atoms with Crippen molar-refractivity contribution in [2.75, 3.05) is 13.1 Å². The molecule has 5 rings (SSSR count). The number of carbonyl (C=O) groups is 2. The number of carboxylic acid groups (broad SMARTS) is 1. The first-order valence-corrected chi connectivity index (χ1v) is 11.8. The van der Waals surface area contributed by atoms with Crippen LogP contribution in [0.15, 0.2) is 47.4 Å². The molecular formula is C26H26FN5O4. The summed E-state index contributed by atoms with van der Waals surface area (Å²) in [7, 11) is 0. The number of halogens is 1. The molecule has 1 aliphatic heterocycles. The van der Waals surface area contributed by atoms with Gasteiger partial charge in [-0.1, -0.05) is 6.07 Å². The van der Waals surface area contributed by atoms with Crippen molar-refractivity contribution in [2.24, 2.45) is 0 Å². The van der Waals surface area contributed by atoms with E-state index in [-0.39, 0.29) is 17.9 Å². The number of aromatic amines is 2. The monoisotopic (exact) mass is 491 g/mol. The number of piperidine rings is 1. The van der Waals surface area contributed by atoms with E-state index >= 15 is 0 Å². The molecular weight excluding hydrogens is 465 g/mol. The molecule has 36 heavy (non-hydrogen) atoms. The third-order valence-electron chi connectivity index (χ3n) is 6.90. The minimum Gasteiger partial charge on any atom is -0.480 e. The summed E-state index contributed by atoms with van der Waals surface area (Å²) in [5.74, 6) is -1.57. The number of H-pyrrole nitrogens is 2. The lowest BCUT2D eigenvalue weighted by Gasteiger charge is -2.32. The fourth-order valence-corrected chi connectivity index (χ4v) is 4.99. The SMILES string of the molecule is Cc1cc(CC(NC(=O)N2CCC(c3cc4ccc(F)cc4[nH]c3=O)CC2)C(=O)O)cc2cn[nH]c12. The number of rotatable bonds is 5. The minimum atomic E-state index is -1.11. The number of nitrogens with zero attached hydrogens (tertiary/aromatic N) is 2. The molecule has 0 aliphatic carbocycles. The van der Waals surface area contributed by atoms with Gasteiger partial charge in [-0.15, -0.1) is 0 Å². The lowest BCUT2D eigenvalue weighted by molar-refractivity contribution is -0.139. The van der Waals surface area contributed by atoms with Gasteiger partial charge in [0.2, 0.25) is 0 Å². The van der Waals surface area contributed by atoms with Gasteiger partial charge in [-0.25, -0.2) is 14.0 Å². The Morgan fingerprint density at radius 1 is 1.19 bits per heavy atom. The number of benzene rings is 2. The van der Waals surface area contributed by atoms with E-state index in [4.69, 9.17) is 0 Å². The molecule has 3 heterocycles. The van der Waals surface area contributed by atoms with Crippen molar-refractivity contribution in [3.05, 3.63) is 75.5 Å². The number of aromatic nitrogens is 3. The zero-order valence-corrected chi connectivity index (χ0v) is 19.7. The fourth-order valence-electron chi connectivity index (χ4n) is 4.99. The Hall–Kier alpha value is -4.21. The van der Waals surface area contributed by atoms with E-state index in [1.165, 1.54) is 12.1 Å². The van der Waals surface area contributed by atoms with Crippen molar-refractivity contribution in [2.45, 2.75) is 38.1 Å². The van der Waals surface area contributed by atoms with Crippen molar-refractivity contribution in [1.29, 1.82) is 0 Å². The Labute approximate surface area is 205 Å². The van der Waals surface area contributed by atoms with Crippen molar-refractivity contribution < 1.29 is 19.1 Å². The molecule has 186 valence electrons. The van der Waals surface area contributed by atoms with E-state index in [1.807, 2.05) is 19.1 Å². The van der Waals surface area contributed by atoms with Gasteiger partial charge in [0.05, 0.1) is 17.2 Å². The number of hydrogen-bond donors (Lipinski definition) is 4. The predicted octanol–water partition coefficient (Wildman–Crippen LogP) is 3.44. The number of hydrogen-bond acceptors (Lipinski definition) is 4. The molecule has 1 saturated heterocycles. The number of carboxylic acids is 1. The van der Waals surface area contributed by atoms with Gasteiger partial charge in [0.25, 0.3) is 5.56 Å². The molecule has 2 amide bonds.